The van der Waals surface area contributed by atoms with Gasteiger partial charge in [-0.05, 0) is 44.0 Å². The van der Waals surface area contributed by atoms with Gasteiger partial charge in [-0.25, -0.2) is 4.98 Å². The highest BCUT2D eigenvalue weighted by Gasteiger charge is 2.15. The molecule has 1 amide bonds. The van der Waals surface area contributed by atoms with Crippen LogP contribution in [0.2, 0.25) is 5.15 Å². The number of carbonyl (C=O) groups excluding carboxylic acids is 1. The Bertz CT molecular complexity index is 432. The summed E-state index contributed by atoms with van der Waals surface area (Å²) in [5, 5.41) is 3.29. The van der Waals surface area contributed by atoms with Crippen molar-refractivity contribution < 1.29 is 4.79 Å². The zero-order chi connectivity index (χ0) is 13.7. The third-order valence-electron chi connectivity index (χ3n) is 3.37. The number of nitrogens with zero attached hydrogens (tertiary/aromatic N) is 2. The third kappa shape index (κ3) is 4.48. The van der Waals surface area contributed by atoms with Crippen LogP contribution in [0.1, 0.15) is 30.1 Å². The third-order valence-corrected chi connectivity index (χ3v) is 3.58. The molecule has 19 heavy (non-hydrogen) atoms. The fraction of sp³-hybridized carbons (Fsp3) is 0.571. The van der Waals surface area contributed by atoms with Crippen LogP contribution < -0.4 is 5.32 Å². The zero-order valence-corrected chi connectivity index (χ0v) is 12.0. The Balaban J connectivity index is 1.76. The molecule has 0 radical (unpaired) electrons. The molecule has 0 aromatic carbocycles. The minimum absolute atomic E-state index is 0.0856. The first kappa shape index (κ1) is 14.3. The minimum atomic E-state index is -0.0856. The average Bonchev–Trinajstić information content (AvgIpc) is 2.88. The molecule has 1 atom stereocenters. The molecule has 1 aliphatic heterocycles. The number of likely N-dealkylation sites (tertiary alicyclic amines) is 1. The van der Waals surface area contributed by atoms with Gasteiger partial charge in [-0.3, -0.25) is 4.79 Å². The lowest BCUT2D eigenvalue weighted by molar-refractivity contribution is 0.0945. The fourth-order valence-electron chi connectivity index (χ4n) is 2.38. The van der Waals surface area contributed by atoms with Gasteiger partial charge in [0.05, 0.1) is 0 Å². The SMILES string of the molecule is CC(CNC(=O)c1ccnc(Cl)c1)CN1CCCC1. The van der Waals surface area contributed by atoms with Crippen LogP contribution >= 0.6 is 11.6 Å². The molecule has 1 aliphatic rings. The summed E-state index contributed by atoms with van der Waals surface area (Å²) < 4.78 is 0. The highest BCUT2D eigenvalue weighted by molar-refractivity contribution is 6.29. The first-order valence-corrected chi connectivity index (χ1v) is 7.15. The van der Waals surface area contributed by atoms with Crippen molar-refractivity contribution >= 4 is 17.5 Å². The van der Waals surface area contributed by atoms with E-state index in [-0.39, 0.29) is 5.91 Å². The number of aromatic nitrogens is 1. The molecule has 1 unspecified atom stereocenters. The van der Waals surface area contributed by atoms with Gasteiger partial charge in [-0.2, -0.15) is 0 Å². The van der Waals surface area contributed by atoms with Crippen LogP contribution in [0, 0.1) is 5.92 Å². The molecule has 4 nitrogen and oxygen atoms in total. The predicted octanol–water partition coefficient (Wildman–Crippen LogP) is 2.20. The number of halogens is 1. The van der Waals surface area contributed by atoms with E-state index in [1.54, 1.807) is 18.3 Å². The summed E-state index contributed by atoms with van der Waals surface area (Å²) in [7, 11) is 0. The van der Waals surface area contributed by atoms with Crippen molar-refractivity contribution in [1.29, 1.82) is 0 Å². The Labute approximate surface area is 119 Å². The average molecular weight is 282 g/mol. The molecule has 0 aliphatic carbocycles. The lowest BCUT2D eigenvalue weighted by Gasteiger charge is -2.20. The number of nitrogens with one attached hydrogen (secondary N) is 1. The number of carbonyl (C=O) groups is 1. The highest BCUT2D eigenvalue weighted by atomic mass is 35.5. The number of pyridine rings is 1. The summed E-state index contributed by atoms with van der Waals surface area (Å²) in [5.74, 6) is 0.372. The lowest BCUT2D eigenvalue weighted by Crippen LogP contribution is -2.34. The van der Waals surface area contributed by atoms with Gasteiger partial charge in [0.2, 0.25) is 0 Å². The van der Waals surface area contributed by atoms with Gasteiger partial charge in [0.1, 0.15) is 5.15 Å². The Morgan fingerprint density at radius 3 is 2.95 bits per heavy atom. The molecule has 1 saturated heterocycles. The number of hydrogen-bond acceptors (Lipinski definition) is 3. The van der Waals surface area contributed by atoms with Crippen molar-refractivity contribution in [3.63, 3.8) is 0 Å². The Kier molecular flexibility index (Phi) is 5.16. The van der Waals surface area contributed by atoms with Crippen molar-refractivity contribution in [2.75, 3.05) is 26.2 Å². The summed E-state index contributed by atoms with van der Waals surface area (Å²) in [6.45, 7) is 6.29. The summed E-state index contributed by atoms with van der Waals surface area (Å²) in [5.41, 5.74) is 0.563. The second-order valence-electron chi connectivity index (χ2n) is 5.19. The molecule has 1 N–H and O–H groups in total. The number of rotatable bonds is 5. The molecular formula is C14H20ClN3O. The Hall–Kier alpha value is -1.13. The van der Waals surface area contributed by atoms with Crippen molar-refractivity contribution in [3.8, 4) is 0 Å². The van der Waals surface area contributed by atoms with Crippen LogP contribution in [0.15, 0.2) is 18.3 Å². The molecule has 2 heterocycles. The molecule has 0 spiro atoms. The van der Waals surface area contributed by atoms with Crippen molar-refractivity contribution in [2.45, 2.75) is 19.8 Å². The molecule has 2 rings (SSSR count). The van der Waals surface area contributed by atoms with Crippen molar-refractivity contribution in [1.82, 2.24) is 15.2 Å². The maximum Gasteiger partial charge on any atom is 0.251 e. The molecule has 1 fully saturated rings. The van der Waals surface area contributed by atoms with Gasteiger partial charge in [0.15, 0.2) is 0 Å². The van der Waals surface area contributed by atoms with E-state index in [2.05, 4.69) is 22.1 Å². The Morgan fingerprint density at radius 1 is 1.53 bits per heavy atom. The molecular weight excluding hydrogens is 262 g/mol. The van der Waals surface area contributed by atoms with E-state index < -0.39 is 0 Å². The molecule has 104 valence electrons. The molecule has 0 bridgehead atoms. The summed E-state index contributed by atoms with van der Waals surface area (Å²) in [6, 6.07) is 3.26. The van der Waals surface area contributed by atoms with Crippen molar-refractivity contribution in [3.05, 3.63) is 29.0 Å². The predicted molar refractivity (Wildman–Crippen MR) is 76.4 cm³/mol. The van der Waals surface area contributed by atoms with E-state index in [1.165, 1.54) is 25.9 Å². The van der Waals surface area contributed by atoms with E-state index in [0.29, 0.717) is 23.2 Å². The van der Waals surface area contributed by atoms with Gasteiger partial charge in [-0.1, -0.05) is 18.5 Å². The number of amides is 1. The zero-order valence-electron chi connectivity index (χ0n) is 11.2. The smallest absolute Gasteiger partial charge is 0.251 e. The van der Waals surface area contributed by atoms with E-state index in [4.69, 9.17) is 11.6 Å². The maximum absolute atomic E-state index is 11.9. The highest BCUT2D eigenvalue weighted by Crippen LogP contribution is 2.10. The summed E-state index contributed by atoms with van der Waals surface area (Å²) in [6.07, 6.45) is 4.15. The first-order chi connectivity index (χ1) is 9.15. The lowest BCUT2D eigenvalue weighted by atomic mass is 10.1. The van der Waals surface area contributed by atoms with Crippen LogP contribution in [0.5, 0.6) is 0 Å². The van der Waals surface area contributed by atoms with E-state index in [1.807, 2.05) is 0 Å². The summed E-state index contributed by atoms with van der Waals surface area (Å²) >= 11 is 5.77. The van der Waals surface area contributed by atoms with Crippen LogP contribution in [0.25, 0.3) is 0 Å². The quantitative estimate of drug-likeness (QED) is 0.842. The monoisotopic (exact) mass is 281 g/mol. The Morgan fingerprint density at radius 2 is 2.26 bits per heavy atom. The molecule has 1 aromatic heterocycles. The maximum atomic E-state index is 11.9. The van der Waals surface area contributed by atoms with Crippen LogP contribution in [0.3, 0.4) is 0 Å². The molecule has 1 aromatic rings. The van der Waals surface area contributed by atoms with Gasteiger partial charge in [-0.15, -0.1) is 0 Å². The van der Waals surface area contributed by atoms with Crippen LogP contribution in [-0.4, -0.2) is 42.0 Å². The topological polar surface area (TPSA) is 45.2 Å². The standard InChI is InChI=1S/C14H20ClN3O/c1-11(10-18-6-2-3-7-18)9-17-14(19)12-4-5-16-13(15)8-12/h4-5,8,11H,2-3,6-7,9-10H2,1H3,(H,17,19). The second-order valence-corrected chi connectivity index (χ2v) is 5.58. The first-order valence-electron chi connectivity index (χ1n) is 6.77. The second kappa shape index (κ2) is 6.87. The van der Waals surface area contributed by atoms with Gasteiger partial charge in [0.25, 0.3) is 5.91 Å². The fourth-order valence-corrected chi connectivity index (χ4v) is 2.56. The van der Waals surface area contributed by atoms with E-state index in [9.17, 15) is 4.79 Å². The van der Waals surface area contributed by atoms with Gasteiger partial charge in [0, 0.05) is 24.8 Å². The minimum Gasteiger partial charge on any atom is -0.352 e. The van der Waals surface area contributed by atoms with Crippen molar-refractivity contribution in [2.24, 2.45) is 5.92 Å². The largest absolute Gasteiger partial charge is 0.352 e. The number of hydrogen-bond donors (Lipinski definition) is 1. The molecule has 5 heteroatoms. The van der Waals surface area contributed by atoms with Gasteiger partial charge < -0.3 is 10.2 Å². The van der Waals surface area contributed by atoms with E-state index in [0.717, 1.165) is 6.54 Å². The normalized spacial score (nSPS) is 17.4. The summed E-state index contributed by atoms with van der Waals surface area (Å²) in [4.78, 5) is 18.3. The van der Waals surface area contributed by atoms with E-state index >= 15 is 0 Å². The van der Waals surface area contributed by atoms with Crippen LogP contribution in [-0.2, 0) is 0 Å². The van der Waals surface area contributed by atoms with Gasteiger partial charge >= 0.3 is 0 Å². The molecule has 0 saturated carbocycles. The van der Waals surface area contributed by atoms with Crippen LogP contribution in [0.4, 0.5) is 0 Å².